The normalized spacial score (nSPS) is 12.3. The van der Waals surface area contributed by atoms with Crippen LogP contribution >= 0.6 is 0 Å². The van der Waals surface area contributed by atoms with Crippen LogP contribution in [0.25, 0.3) is 54.9 Å². The van der Waals surface area contributed by atoms with Crippen LogP contribution in [0.5, 0.6) is 11.5 Å². The maximum absolute atomic E-state index is 7.31. The molecule has 2 heterocycles. The van der Waals surface area contributed by atoms with Gasteiger partial charge in [0.2, 0.25) is 0 Å². The number of hydrogen-bond donors (Lipinski definition) is 0. The molecule has 0 N–H and O–H groups in total. The number of ether oxygens (including phenoxy) is 1. The van der Waals surface area contributed by atoms with Crippen LogP contribution in [0.4, 0.5) is 51.2 Å². The lowest BCUT2D eigenvalue weighted by atomic mass is 9.34. The topological polar surface area (TPSA) is 19.0 Å². The van der Waals surface area contributed by atoms with Gasteiger partial charge in [0, 0.05) is 67.8 Å². The smallest absolute Gasteiger partial charge is 0.256 e. The van der Waals surface area contributed by atoms with Crippen molar-refractivity contribution < 1.29 is 4.74 Å². The molecule has 2 aliphatic heterocycles. The van der Waals surface area contributed by atoms with Gasteiger partial charge >= 0.3 is 0 Å². The van der Waals surface area contributed by atoms with E-state index in [0.29, 0.717) is 0 Å². The fraction of sp³-hybridized carbons (Fsp3) is 0.0513. The Balaban J connectivity index is 1.02. The zero-order valence-electron chi connectivity index (χ0n) is 46.6. The molecule has 0 radical (unpaired) electrons. The molecule has 0 unspecified atom stereocenters. The molecule has 0 spiro atoms. The first kappa shape index (κ1) is 49.7. The molecule has 0 saturated carbocycles. The maximum atomic E-state index is 7.31. The maximum Gasteiger partial charge on any atom is 0.256 e. The lowest BCUT2D eigenvalue weighted by molar-refractivity contribution is 0.487. The molecule has 4 nitrogen and oxygen atoms in total. The first-order valence-electron chi connectivity index (χ1n) is 28.8. The molecule has 5 heteroatoms. The minimum atomic E-state index is -0.156. The van der Waals surface area contributed by atoms with Gasteiger partial charge in [0.1, 0.15) is 11.5 Å². The molecular formula is C78H58BN3O. The van der Waals surface area contributed by atoms with Crippen LogP contribution in [0.1, 0.15) is 26.3 Å². The van der Waals surface area contributed by atoms with E-state index in [4.69, 9.17) is 4.74 Å². The van der Waals surface area contributed by atoms with Gasteiger partial charge < -0.3 is 19.4 Å². The summed E-state index contributed by atoms with van der Waals surface area (Å²) in [5, 5.41) is 4.70. The summed E-state index contributed by atoms with van der Waals surface area (Å²) in [6.07, 6.45) is 0. The van der Waals surface area contributed by atoms with Gasteiger partial charge in [-0.1, -0.05) is 227 Å². The van der Waals surface area contributed by atoms with Crippen molar-refractivity contribution >= 4 is 95.8 Å². The third-order valence-corrected chi connectivity index (χ3v) is 16.8. The highest BCUT2D eigenvalue weighted by atomic mass is 16.5. The summed E-state index contributed by atoms with van der Waals surface area (Å²) in [7, 11) is 0. The number of rotatable bonds is 10. The van der Waals surface area contributed by atoms with E-state index in [-0.39, 0.29) is 12.1 Å². The first-order chi connectivity index (χ1) is 40.9. The average molecular weight is 1060 g/mol. The fourth-order valence-electron chi connectivity index (χ4n) is 13.0. The van der Waals surface area contributed by atoms with Crippen LogP contribution in [-0.4, -0.2) is 6.71 Å². The lowest BCUT2D eigenvalue weighted by Crippen LogP contribution is -2.59. The number of benzene rings is 13. The fourth-order valence-corrected chi connectivity index (χ4v) is 13.0. The van der Waals surface area contributed by atoms with E-state index in [1.54, 1.807) is 0 Å². The zero-order valence-corrected chi connectivity index (χ0v) is 46.6. The zero-order chi connectivity index (χ0) is 55.6. The lowest BCUT2D eigenvalue weighted by Gasteiger charge is -2.42. The average Bonchev–Trinajstić information content (AvgIpc) is 2.31. The van der Waals surface area contributed by atoms with Gasteiger partial charge in [0.15, 0.2) is 0 Å². The van der Waals surface area contributed by atoms with Crippen LogP contribution < -0.4 is 35.8 Å². The molecule has 0 fully saturated rings. The van der Waals surface area contributed by atoms with E-state index in [1.165, 1.54) is 38.1 Å². The SMILES string of the molecule is CC(C)(C)c1cc(-c2ccccc2)c(N2c3cc(-c4c5ccccc5c(N(c5ccccc5)c5ccccc5)c5ccccc45)ccc3B3c4ccc(N(c5ccccc5)c5ccccc5)cc4Oc4cccc2c43)c(-c2ccccc2)c1. The third-order valence-electron chi connectivity index (χ3n) is 16.8. The summed E-state index contributed by atoms with van der Waals surface area (Å²) in [5.74, 6) is 1.70. The van der Waals surface area contributed by atoms with Gasteiger partial charge in [-0.2, -0.15) is 0 Å². The summed E-state index contributed by atoms with van der Waals surface area (Å²) >= 11 is 0. The van der Waals surface area contributed by atoms with Gasteiger partial charge in [0.25, 0.3) is 6.71 Å². The summed E-state index contributed by atoms with van der Waals surface area (Å²) in [5.41, 5.74) is 21.4. The van der Waals surface area contributed by atoms with Crippen molar-refractivity contribution in [2.24, 2.45) is 0 Å². The van der Waals surface area contributed by atoms with Crippen LogP contribution in [0.15, 0.2) is 297 Å². The molecule has 0 saturated heterocycles. The van der Waals surface area contributed by atoms with Crippen molar-refractivity contribution in [1.82, 2.24) is 0 Å². The Kier molecular flexibility index (Phi) is 12.2. The molecule has 394 valence electrons. The minimum Gasteiger partial charge on any atom is -0.458 e. The van der Waals surface area contributed by atoms with Crippen molar-refractivity contribution in [3.8, 4) is 44.9 Å². The third kappa shape index (κ3) is 8.55. The molecule has 13 aromatic carbocycles. The molecule has 0 atom stereocenters. The molecule has 0 bridgehead atoms. The summed E-state index contributed by atoms with van der Waals surface area (Å²) in [6, 6.07) is 108. The number of fused-ring (bicyclic) bond motifs is 6. The Labute approximate surface area is 486 Å². The van der Waals surface area contributed by atoms with E-state index in [0.717, 1.165) is 101 Å². The predicted octanol–water partition coefficient (Wildman–Crippen LogP) is 19.6. The number of para-hydroxylation sites is 4. The predicted molar refractivity (Wildman–Crippen MR) is 352 cm³/mol. The van der Waals surface area contributed by atoms with Crippen LogP contribution in [0, 0.1) is 0 Å². The first-order valence-corrected chi connectivity index (χ1v) is 28.8. The van der Waals surface area contributed by atoms with Crippen LogP contribution in [0.3, 0.4) is 0 Å². The number of hydrogen-bond acceptors (Lipinski definition) is 4. The van der Waals surface area contributed by atoms with Crippen molar-refractivity contribution in [3.63, 3.8) is 0 Å². The van der Waals surface area contributed by atoms with Crippen molar-refractivity contribution in [3.05, 3.63) is 303 Å². The molecule has 15 rings (SSSR count). The van der Waals surface area contributed by atoms with Gasteiger partial charge in [-0.15, -0.1) is 0 Å². The Morgan fingerprint density at radius 1 is 0.349 bits per heavy atom. The van der Waals surface area contributed by atoms with E-state index >= 15 is 0 Å². The highest BCUT2D eigenvalue weighted by Crippen LogP contribution is 2.53. The summed E-state index contributed by atoms with van der Waals surface area (Å²) in [4.78, 5) is 7.34. The van der Waals surface area contributed by atoms with Crippen molar-refractivity contribution in [2.75, 3.05) is 14.7 Å². The number of nitrogens with zero attached hydrogens (tertiary/aromatic N) is 3. The van der Waals surface area contributed by atoms with Gasteiger partial charge in [0.05, 0.1) is 11.4 Å². The Morgan fingerprint density at radius 2 is 0.807 bits per heavy atom. The molecule has 0 aromatic heterocycles. The Morgan fingerprint density at radius 3 is 1.31 bits per heavy atom. The summed E-state index contributed by atoms with van der Waals surface area (Å²) < 4.78 is 7.31. The molecule has 0 aliphatic carbocycles. The van der Waals surface area contributed by atoms with E-state index in [1.807, 2.05) is 0 Å². The quantitative estimate of drug-likeness (QED) is 0.100. The van der Waals surface area contributed by atoms with Crippen LogP contribution in [0.2, 0.25) is 0 Å². The van der Waals surface area contributed by atoms with Gasteiger partial charge in [-0.3, -0.25) is 0 Å². The van der Waals surface area contributed by atoms with E-state index in [2.05, 4.69) is 333 Å². The molecule has 0 amide bonds. The monoisotopic (exact) mass is 1060 g/mol. The van der Waals surface area contributed by atoms with Crippen molar-refractivity contribution in [2.45, 2.75) is 26.2 Å². The molecule has 2 aliphatic rings. The molecular weight excluding hydrogens is 1010 g/mol. The second-order valence-corrected chi connectivity index (χ2v) is 22.8. The Hall–Kier alpha value is -10.4. The highest BCUT2D eigenvalue weighted by molar-refractivity contribution is 6.99. The van der Waals surface area contributed by atoms with E-state index < -0.39 is 0 Å². The second-order valence-electron chi connectivity index (χ2n) is 22.8. The Bertz CT molecular complexity index is 4370. The second kappa shape index (κ2) is 20.3. The van der Waals surface area contributed by atoms with Crippen LogP contribution in [-0.2, 0) is 5.41 Å². The van der Waals surface area contributed by atoms with E-state index in [9.17, 15) is 0 Å². The van der Waals surface area contributed by atoms with Gasteiger partial charge in [-0.25, -0.2) is 0 Å². The summed E-state index contributed by atoms with van der Waals surface area (Å²) in [6.45, 7) is 6.81. The minimum absolute atomic E-state index is 0.145. The number of anilines is 9. The van der Waals surface area contributed by atoms with Gasteiger partial charge in [-0.05, 0) is 145 Å². The molecule has 83 heavy (non-hydrogen) atoms. The standard InChI is InChI=1S/C78H58BN3O/c1-78(2,3)56-50-66(53-27-10-4-11-28-53)77(67(51-56)54-29-12-5-13-30-54)82-70-43-26-44-72-75(70)79(69-48-46-61(52-73(69)83-72)80(57-31-14-6-15-32-57)58-33-16-7-17-34-58)68-47-45-55(49-71(68)82)74-62-39-22-24-41-64(62)76(65-42-25-23-40-63(65)74)81(59-35-18-8-19-36-59)60-37-20-9-21-38-60/h4-52H,1-3H3. The largest absolute Gasteiger partial charge is 0.458 e. The van der Waals surface area contributed by atoms with Crippen molar-refractivity contribution in [1.29, 1.82) is 0 Å². The molecule has 13 aromatic rings. The highest BCUT2D eigenvalue weighted by Gasteiger charge is 2.43.